The molecule has 92 valence electrons. The summed E-state index contributed by atoms with van der Waals surface area (Å²) in [5.74, 6) is 0.492. The van der Waals surface area contributed by atoms with Gasteiger partial charge in [-0.05, 0) is 42.4 Å². The molecule has 18 heavy (non-hydrogen) atoms. The van der Waals surface area contributed by atoms with E-state index >= 15 is 0 Å². The third-order valence-corrected chi connectivity index (χ3v) is 3.77. The smallest absolute Gasteiger partial charge is 0.0962 e. The van der Waals surface area contributed by atoms with Gasteiger partial charge in [0.15, 0.2) is 0 Å². The van der Waals surface area contributed by atoms with Gasteiger partial charge in [0.1, 0.15) is 0 Å². The summed E-state index contributed by atoms with van der Waals surface area (Å²) >= 11 is 0. The summed E-state index contributed by atoms with van der Waals surface area (Å²) in [4.78, 5) is 4.34. The number of benzene rings is 1. The lowest BCUT2D eigenvalue weighted by molar-refractivity contribution is 0.160. The molecule has 1 aliphatic rings. The van der Waals surface area contributed by atoms with Crippen LogP contribution in [0.2, 0.25) is 0 Å². The molecular weight excluding hydrogens is 222 g/mol. The molecule has 1 aromatic heterocycles. The van der Waals surface area contributed by atoms with Crippen molar-refractivity contribution >= 4 is 0 Å². The highest BCUT2D eigenvalue weighted by molar-refractivity contribution is 5.29. The van der Waals surface area contributed by atoms with E-state index in [1.165, 1.54) is 11.1 Å². The fourth-order valence-corrected chi connectivity index (χ4v) is 2.80. The van der Waals surface area contributed by atoms with Crippen molar-refractivity contribution < 1.29 is 5.11 Å². The summed E-state index contributed by atoms with van der Waals surface area (Å²) in [5.41, 5.74) is 3.42. The summed E-state index contributed by atoms with van der Waals surface area (Å²) in [6.07, 6.45) is 4.15. The molecule has 0 aliphatic heterocycles. The van der Waals surface area contributed by atoms with Gasteiger partial charge >= 0.3 is 0 Å². The third-order valence-electron chi connectivity index (χ3n) is 3.77. The molecule has 2 nitrogen and oxygen atoms in total. The van der Waals surface area contributed by atoms with Gasteiger partial charge in [0, 0.05) is 6.20 Å². The van der Waals surface area contributed by atoms with Crippen LogP contribution in [0.15, 0.2) is 48.7 Å². The van der Waals surface area contributed by atoms with Gasteiger partial charge in [0.05, 0.1) is 11.8 Å². The second-order valence-corrected chi connectivity index (χ2v) is 4.95. The average molecular weight is 239 g/mol. The number of aromatic nitrogens is 1. The molecule has 0 saturated heterocycles. The zero-order valence-electron chi connectivity index (χ0n) is 10.3. The maximum absolute atomic E-state index is 10.1. The van der Waals surface area contributed by atoms with Crippen molar-refractivity contribution in [2.45, 2.75) is 31.3 Å². The van der Waals surface area contributed by atoms with Gasteiger partial charge in [0.2, 0.25) is 0 Å². The summed E-state index contributed by atoms with van der Waals surface area (Å²) in [6.45, 7) is 0. The minimum absolute atomic E-state index is 0.407. The molecule has 1 N–H and O–H groups in total. The fourth-order valence-electron chi connectivity index (χ4n) is 2.80. The van der Waals surface area contributed by atoms with Gasteiger partial charge in [0.25, 0.3) is 0 Å². The average Bonchev–Trinajstić information content (AvgIpc) is 2.60. The number of hydrogen-bond donors (Lipinski definition) is 1. The molecule has 0 saturated carbocycles. The first kappa shape index (κ1) is 11.4. The normalized spacial score (nSPS) is 23.2. The van der Waals surface area contributed by atoms with Gasteiger partial charge in [-0.25, -0.2) is 0 Å². The molecule has 0 bridgehead atoms. The Balaban J connectivity index is 1.94. The molecule has 1 heterocycles. The summed E-state index contributed by atoms with van der Waals surface area (Å²) in [5, 5.41) is 10.1. The van der Waals surface area contributed by atoms with Crippen molar-refractivity contribution in [3.8, 4) is 0 Å². The maximum Gasteiger partial charge on any atom is 0.0962 e. The van der Waals surface area contributed by atoms with Crippen molar-refractivity contribution in [3.05, 3.63) is 65.5 Å². The largest absolute Gasteiger partial charge is 0.387 e. The van der Waals surface area contributed by atoms with Crippen LogP contribution in [0.4, 0.5) is 0 Å². The molecule has 2 heteroatoms. The lowest BCUT2D eigenvalue weighted by atomic mass is 9.90. The Hall–Kier alpha value is -1.67. The first-order valence-corrected chi connectivity index (χ1v) is 6.51. The molecular formula is C16H17NO. The summed E-state index contributed by atoms with van der Waals surface area (Å²) in [6, 6.07) is 14.6. The van der Waals surface area contributed by atoms with E-state index < -0.39 is 6.10 Å². The number of nitrogens with zero attached hydrogens (tertiary/aromatic N) is 1. The summed E-state index contributed by atoms with van der Waals surface area (Å²) in [7, 11) is 0. The molecule has 2 aromatic rings. The van der Waals surface area contributed by atoms with Crippen LogP contribution < -0.4 is 0 Å². The van der Waals surface area contributed by atoms with Crippen molar-refractivity contribution in [1.82, 2.24) is 4.98 Å². The van der Waals surface area contributed by atoms with E-state index in [-0.39, 0.29) is 0 Å². The third kappa shape index (κ3) is 2.16. The molecule has 3 rings (SSSR count). The minimum Gasteiger partial charge on any atom is -0.387 e. The highest BCUT2D eigenvalue weighted by atomic mass is 16.3. The van der Waals surface area contributed by atoms with E-state index in [1.54, 1.807) is 6.20 Å². The molecule has 0 spiro atoms. The maximum atomic E-state index is 10.1. The monoisotopic (exact) mass is 239 g/mol. The van der Waals surface area contributed by atoms with E-state index in [0.29, 0.717) is 5.92 Å². The number of fused-ring (bicyclic) bond motifs is 1. The lowest BCUT2D eigenvalue weighted by Gasteiger charge is -2.14. The van der Waals surface area contributed by atoms with Crippen LogP contribution in [0, 0.1) is 0 Å². The van der Waals surface area contributed by atoms with Crippen LogP contribution in [-0.4, -0.2) is 10.1 Å². The van der Waals surface area contributed by atoms with Crippen LogP contribution in [0.1, 0.15) is 41.7 Å². The van der Waals surface area contributed by atoms with Crippen LogP contribution in [0.3, 0.4) is 0 Å². The van der Waals surface area contributed by atoms with Crippen molar-refractivity contribution in [3.63, 3.8) is 0 Å². The Kier molecular flexibility index (Phi) is 3.11. The van der Waals surface area contributed by atoms with Gasteiger partial charge in [-0.2, -0.15) is 0 Å². The molecule has 0 unspecified atom stereocenters. The number of aliphatic hydroxyl groups is 1. The SMILES string of the molecule is O[C@@H]1CC[C@@H](c2ccccc2)Cc2cccnc21. The second kappa shape index (κ2) is 4.91. The molecule has 0 fully saturated rings. The van der Waals surface area contributed by atoms with Crippen LogP contribution in [0.5, 0.6) is 0 Å². The number of hydrogen-bond acceptors (Lipinski definition) is 2. The van der Waals surface area contributed by atoms with E-state index in [9.17, 15) is 5.11 Å². The van der Waals surface area contributed by atoms with Crippen molar-refractivity contribution in [2.75, 3.05) is 0 Å². The number of aliphatic hydroxyl groups excluding tert-OH is 1. The highest BCUT2D eigenvalue weighted by Gasteiger charge is 2.23. The fraction of sp³-hybridized carbons (Fsp3) is 0.312. The van der Waals surface area contributed by atoms with Crippen LogP contribution >= 0.6 is 0 Å². The Morgan fingerprint density at radius 1 is 1.00 bits per heavy atom. The lowest BCUT2D eigenvalue weighted by Crippen LogP contribution is -2.02. The Morgan fingerprint density at radius 3 is 2.67 bits per heavy atom. The minimum atomic E-state index is -0.407. The van der Waals surface area contributed by atoms with E-state index in [1.807, 2.05) is 12.1 Å². The van der Waals surface area contributed by atoms with Gasteiger partial charge in [-0.3, -0.25) is 4.98 Å². The zero-order valence-corrected chi connectivity index (χ0v) is 10.3. The topological polar surface area (TPSA) is 33.1 Å². The first-order valence-electron chi connectivity index (χ1n) is 6.51. The van der Waals surface area contributed by atoms with Gasteiger partial charge < -0.3 is 5.11 Å². The zero-order chi connectivity index (χ0) is 12.4. The van der Waals surface area contributed by atoms with E-state index in [0.717, 1.165) is 25.0 Å². The van der Waals surface area contributed by atoms with E-state index in [2.05, 4.69) is 35.3 Å². The summed E-state index contributed by atoms with van der Waals surface area (Å²) < 4.78 is 0. The Morgan fingerprint density at radius 2 is 1.83 bits per heavy atom. The molecule has 2 atom stereocenters. The molecule has 0 amide bonds. The Labute approximate surface area is 107 Å². The molecule has 0 radical (unpaired) electrons. The highest BCUT2D eigenvalue weighted by Crippen LogP contribution is 2.34. The predicted molar refractivity (Wildman–Crippen MR) is 71.3 cm³/mol. The van der Waals surface area contributed by atoms with Crippen molar-refractivity contribution in [1.29, 1.82) is 0 Å². The Bertz CT molecular complexity index is 524. The first-order chi connectivity index (χ1) is 8.84. The number of rotatable bonds is 1. The van der Waals surface area contributed by atoms with Gasteiger partial charge in [-0.1, -0.05) is 36.4 Å². The van der Waals surface area contributed by atoms with E-state index in [4.69, 9.17) is 0 Å². The quantitative estimate of drug-likeness (QED) is 0.775. The van der Waals surface area contributed by atoms with Crippen LogP contribution in [-0.2, 0) is 6.42 Å². The van der Waals surface area contributed by atoms with Gasteiger partial charge in [-0.15, -0.1) is 0 Å². The predicted octanol–water partition coefficient (Wildman–Crippen LogP) is 3.24. The standard InChI is InChI=1S/C16H17NO/c18-15-9-8-13(12-5-2-1-3-6-12)11-14-7-4-10-17-16(14)15/h1-7,10,13,15,18H,8-9,11H2/t13-,15-/m1/s1. The number of pyridine rings is 1. The second-order valence-electron chi connectivity index (χ2n) is 4.95. The molecule has 1 aliphatic carbocycles. The molecule has 1 aromatic carbocycles. The van der Waals surface area contributed by atoms with Crippen LogP contribution in [0.25, 0.3) is 0 Å². The van der Waals surface area contributed by atoms with Crippen molar-refractivity contribution in [2.24, 2.45) is 0 Å².